The van der Waals surface area contributed by atoms with E-state index in [0.717, 1.165) is 38.3 Å². The van der Waals surface area contributed by atoms with Gasteiger partial charge in [0.1, 0.15) is 5.75 Å². The minimum absolute atomic E-state index is 0.543. The van der Waals surface area contributed by atoms with E-state index in [1.54, 1.807) is 7.11 Å². The average molecular weight is 264 g/mol. The molecule has 0 saturated carbocycles. The van der Waals surface area contributed by atoms with Gasteiger partial charge in [-0.05, 0) is 42.6 Å². The van der Waals surface area contributed by atoms with Crippen molar-refractivity contribution >= 4 is 0 Å². The molecule has 0 spiro atoms. The number of hydrogen-bond acceptors (Lipinski definition) is 3. The highest BCUT2D eigenvalue weighted by Gasteiger charge is 2.06. The van der Waals surface area contributed by atoms with Crippen LogP contribution in [-0.2, 0) is 6.42 Å². The van der Waals surface area contributed by atoms with Crippen LogP contribution in [0.1, 0.15) is 37.8 Å². The summed E-state index contributed by atoms with van der Waals surface area (Å²) in [6.07, 6.45) is 1.01. The Labute approximate surface area is 117 Å². The minimum atomic E-state index is 0.543. The molecule has 2 N–H and O–H groups in total. The molecular formula is C16H28N2O. The van der Waals surface area contributed by atoms with Crippen molar-refractivity contribution in [3.05, 3.63) is 29.3 Å². The van der Waals surface area contributed by atoms with E-state index in [1.165, 1.54) is 11.1 Å². The second kappa shape index (κ2) is 8.94. The molecule has 0 aliphatic heterocycles. The molecule has 0 saturated heterocycles. The van der Waals surface area contributed by atoms with Crippen molar-refractivity contribution in [3.63, 3.8) is 0 Å². The molecular weight excluding hydrogens is 236 g/mol. The Balaban J connectivity index is 2.44. The van der Waals surface area contributed by atoms with Gasteiger partial charge >= 0.3 is 0 Å². The second-order valence-corrected chi connectivity index (χ2v) is 5.08. The third kappa shape index (κ3) is 5.62. The van der Waals surface area contributed by atoms with Gasteiger partial charge in [-0.2, -0.15) is 0 Å². The molecule has 19 heavy (non-hydrogen) atoms. The van der Waals surface area contributed by atoms with Crippen molar-refractivity contribution in [3.8, 4) is 5.75 Å². The molecule has 0 atom stereocenters. The molecule has 3 heteroatoms. The zero-order valence-electron chi connectivity index (χ0n) is 12.8. The highest BCUT2D eigenvalue weighted by molar-refractivity contribution is 5.38. The fourth-order valence-electron chi connectivity index (χ4n) is 2.03. The van der Waals surface area contributed by atoms with Gasteiger partial charge in [0.2, 0.25) is 0 Å². The van der Waals surface area contributed by atoms with E-state index in [-0.39, 0.29) is 0 Å². The van der Waals surface area contributed by atoms with Crippen LogP contribution in [0.15, 0.2) is 18.2 Å². The lowest BCUT2D eigenvalue weighted by molar-refractivity contribution is 0.408. The lowest BCUT2D eigenvalue weighted by Crippen LogP contribution is -2.28. The first-order valence-corrected chi connectivity index (χ1v) is 7.27. The van der Waals surface area contributed by atoms with E-state index in [0.29, 0.717) is 5.92 Å². The Kier molecular flexibility index (Phi) is 7.53. The van der Waals surface area contributed by atoms with E-state index in [9.17, 15) is 0 Å². The number of benzene rings is 1. The number of hydrogen-bond donors (Lipinski definition) is 2. The maximum Gasteiger partial charge on any atom is 0.122 e. The van der Waals surface area contributed by atoms with Gasteiger partial charge in [-0.15, -0.1) is 0 Å². The summed E-state index contributed by atoms with van der Waals surface area (Å²) >= 11 is 0. The van der Waals surface area contributed by atoms with Crippen molar-refractivity contribution in [1.82, 2.24) is 10.6 Å². The Morgan fingerprint density at radius 2 is 1.84 bits per heavy atom. The minimum Gasteiger partial charge on any atom is -0.496 e. The van der Waals surface area contributed by atoms with E-state index in [1.807, 2.05) is 0 Å². The van der Waals surface area contributed by atoms with Crippen LogP contribution in [0.5, 0.6) is 5.75 Å². The smallest absolute Gasteiger partial charge is 0.122 e. The Morgan fingerprint density at radius 1 is 1.11 bits per heavy atom. The molecule has 0 aliphatic carbocycles. The molecule has 108 valence electrons. The van der Waals surface area contributed by atoms with Crippen LogP contribution in [0.4, 0.5) is 0 Å². The van der Waals surface area contributed by atoms with Crippen LogP contribution in [0, 0.1) is 0 Å². The van der Waals surface area contributed by atoms with Crippen molar-refractivity contribution in [2.45, 2.75) is 33.1 Å². The predicted molar refractivity (Wildman–Crippen MR) is 82.2 cm³/mol. The summed E-state index contributed by atoms with van der Waals surface area (Å²) in [5.74, 6) is 1.56. The summed E-state index contributed by atoms with van der Waals surface area (Å²) in [4.78, 5) is 0. The molecule has 0 fully saturated rings. The van der Waals surface area contributed by atoms with Crippen LogP contribution >= 0.6 is 0 Å². The molecule has 1 rings (SSSR count). The fraction of sp³-hybridized carbons (Fsp3) is 0.625. The standard InChI is InChI=1S/C16H28N2O/c1-5-17-10-11-18-9-8-14-6-7-15(13(2)3)12-16(14)19-4/h6-7,12-13,17-18H,5,8-11H2,1-4H3. The SMILES string of the molecule is CCNCCNCCc1ccc(C(C)C)cc1OC. The first kappa shape index (κ1) is 16.0. The van der Waals surface area contributed by atoms with Crippen LogP contribution in [-0.4, -0.2) is 33.3 Å². The van der Waals surface area contributed by atoms with Crippen LogP contribution in [0.2, 0.25) is 0 Å². The molecule has 0 aliphatic rings. The van der Waals surface area contributed by atoms with Gasteiger partial charge in [0.05, 0.1) is 7.11 Å². The number of ether oxygens (including phenoxy) is 1. The third-order valence-corrected chi connectivity index (χ3v) is 3.28. The van der Waals surface area contributed by atoms with Crippen molar-refractivity contribution < 1.29 is 4.74 Å². The molecule has 3 nitrogen and oxygen atoms in total. The first-order valence-electron chi connectivity index (χ1n) is 7.27. The monoisotopic (exact) mass is 264 g/mol. The molecule has 0 amide bonds. The number of methoxy groups -OCH3 is 1. The molecule has 0 heterocycles. The van der Waals surface area contributed by atoms with E-state index >= 15 is 0 Å². The van der Waals surface area contributed by atoms with Gasteiger partial charge in [0.15, 0.2) is 0 Å². The van der Waals surface area contributed by atoms with Gasteiger partial charge in [-0.25, -0.2) is 0 Å². The molecule has 0 aromatic heterocycles. The van der Waals surface area contributed by atoms with Crippen LogP contribution in [0.25, 0.3) is 0 Å². The van der Waals surface area contributed by atoms with E-state index in [4.69, 9.17) is 4.74 Å². The van der Waals surface area contributed by atoms with Gasteiger partial charge in [0.25, 0.3) is 0 Å². The highest BCUT2D eigenvalue weighted by Crippen LogP contribution is 2.24. The maximum absolute atomic E-state index is 5.49. The fourth-order valence-corrected chi connectivity index (χ4v) is 2.03. The number of nitrogens with one attached hydrogen (secondary N) is 2. The number of likely N-dealkylation sites (N-methyl/N-ethyl adjacent to an activating group) is 1. The molecule has 0 unspecified atom stereocenters. The Bertz CT molecular complexity index is 364. The van der Waals surface area contributed by atoms with Gasteiger partial charge in [-0.3, -0.25) is 0 Å². The molecule has 1 aromatic carbocycles. The summed E-state index contributed by atoms with van der Waals surface area (Å²) in [6.45, 7) is 10.6. The van der Waals surface area contributed by atoms with Crippen molar-refractivity contribution in [2.24, 2.45) is 0 Å². The Morgan fingerprint density at radius 3 is 2.47 bits per heavy atom. The first-order chi connectivity index (χ1) is 9.19. The second-order valence-electron chi connectivity index (χ2n) is 5.08. The van der Waals surface area contributed by atoms with Crippen molar-refractivity contribution in [2.75, 3.05) is 33.3 Å². The molecule has 0 radical (unpaired) electrons. The quantitative estimate of drug-likeness (QED) is 0.673. The normalized spacial score (nSPS) is 11.0. The lowest BCUT2D eigenvalue weighted by Gasteiger charge is -2.13. The predicted octanol–water partition coefficient (Wildman–Crippen LogP) is 2.56. The summed E-state index contributed by atoms with van der Waals surface area (Å²) in [7, 11) is 1.75. The van der Waals surface area contributed by atoms with Crippen molar-refractivity contribution in [1.29, 1.82) is 0 Å². The molecule has 0 bridgehead atoms. The van der Waals surface area contributed by atoms with E-state index in [2.05, 4.69) is 49.6 Å². The average Bonchev–Trinajstić information content (AvgIpc) is 2.42. The largest absolute Gasteiger partial charge is 0.496 e. The topological polar surface area (TPSA) is 33.3 Å². The van der Waals surface area contributed by atoms with Gasteiger partial charge < -0.3 is 15.4 Å². The summed E-state index contributed by atoms with van der Waals surface area (Å²) < 4.78 is 5.49. The third-order valence-electron chi connectivity index (χ3n) is 3.28. The van der Waals surface area contributed by atoms with Crippen LogP contribution in [0.3, 0.4) is 0 Å². The Hall–Kier alpha value is -1.06. The summed E-state index contributed by atoms with van der Waals surface area (Å²) in [5, 5.41) is 6.74. The summed E-state index contributed by atoms with van der Waals surface area (Å²) in [5.41, 5.74) is 2.61. The lowest BCUT2D eigenvalue weighted by atomic mass is 10.00. The van der Waals surface area contributed by atoms with Gasteiger partial charge in [0, 0.05) is 13.1 Å². The maximum atomic E-state index is 5.49. The van der Waals surface area contributed by atoms with E-state index < -0.39 is 0 Å². The highest BCUT2D eigenvalue weighted by atomic mass is 16.5. The summed E-state index contributed by atoms with van der Waals surface area (Å²) in [6, 6.07) is 6.57. The number of rotatable bonds is 9. The zero-order chi connectivity index (χ0) is 14.1. The zero-order valence-corrected chi connectivity index (χ0v) is 12.8. The molecule has 1 aromatic rings. The van der Waals surface area contributed by atoms with Gasteiger partial charge in [-0.1, -0.05) is 32.9 Å². The van der Waals surface area contributed by atoms with Crippen LogP contribution < -0.4 is 15.4 Å².